The molecule has 0 radical (unpaired) electrons. The molecule has 106 valence electrons. The van der Waals surface area contributed by atoms with Crippen molar-refractivity contribution in [2.45, 2.75) is 39.3 Å². The maximum absolute atomic E-state index is 5.79. The minimum absolute atomic E-state index is 0.196. The minimum atomic E-state index is 0.196. The second-order valence-electron chi connectivity index (χ2n) is 6.26. The Kier molecular flexibility index (Phi) is 3.43. The molecule has 0 amide bonds. The summed E-state index contributed by atoms with van der Waals surface area (Å²) in [4.78, 5) is 0. The van der Waals surface area contributed by atoms with E-state index in [2.05, 4.69) is 68.6 Å². The third kappa shape index (κ3) is 2.29. The van der Waals surface area contributed by atoms with Crippen molar-refractivity contribution < 1.29 is 4.74 Å². The zero-order chi connectivity index (χ0) is 14.2. The van der Waals surface area contributed by atoms with Gasteiger partial charge < -0.3 is 10.1 Å². The van der Waals surface area contributed by atoms with Crippen LogP contribution in [0, 0.1) is 5.41 Å². The van der Waals surface area contributed by atoms with Gasteiger partial charge in [0.25, 0.3) is 0 Å². The summed E-state index contributed by atoms with van der Waals surface area (Å²) >= 11 is 0. The number of nitrogens with one attached hydrogen (secondary N) is 1. The Hall–Kier alpha value is -1.54. The van der Waals surface area contributed by atoms with Crippen LogP contribution in [0.1, 0.15) is 27.2 Å². The maximum atomic E-state index is 5.79. The van der Waals surface area contributed by atoms with Gasteiger partial charge in [-0.25, -0.2) is 0 Å². The lowest BCUT2D eigenvalue weighted by molar-refractivity contribution is -0.0975. The fourth-order valence-electron chi connectivity index (χ4n) is 3.09. The Morgan fingerprint density at radius 3 is 2.60 bits per heavy atom. The third-order valence-electron chi connectivity index (χ3n) is 4.64. The molecule has 2 aromatic rings. The van der Waals surface area contributed by atoms with Gasteiger partial charge in [-0.05, 0) is 36.2 Å². The highest BCUT2D eigenvalue weighted by Gasteiger charge is 2.48. The number of hydrogen-bond acceptors (Lipinski definition) is 2. The van der Waals surface area contributed by atoms with Crippen LogP contribution in [0.25, 0.3) is 10.8 Å². The molecule has 0 bridgehead atoms. The van der Waals surface area contributed by atoms with E-state index >= 15 is 0 Å². The molecule has 1 fully saturated rings. The predicted octanol–water partition coefficient (Wildman–Crippen LogP) is 4.46. The molecule has 0 aliphatic heterocycles. The topological polar surface area (TPSA) is 21.3 Å². The number of ether oxygens (including phenoxy) is 1. The summed E-state index contributed by atoms with van der Waals surface area (Å²) in [6.07, 6.45) is 1.47. The number of hydrogen-bond donors (Lipinski definition) is 1. The van der Waals surface area contributed by atoms with Crippen LogP contribution >= 0.6 is 0 Å². The van der Waals surface area contributed by atoms with Gasteiger partial charge >= 0.3 is 0 Å². The number of benzene rings is 2. The van der Waals surface area contributed by atoms with E-state index in [0.29, 0.717) is 12.1 Å². The van der Waals surface area contributed by atoms with E-state index in [1.165, 1.54) is 16.5 Å². The van der Waals surface area contributed by atoms with Crippen molar-refractivity contribution in [3.8, 4) is 0 Å². The number of rotatable bonds is 4. The van der Waals surface area contributed by atoms with Crippen LogP contribution in [0.15, 0.2) is 42.5 Å². The van der Waals surface area contributed by atoms with Crippen LogP contribution in [-0.2, 0) is 4.74 Å². The summed E-state index contributed by atoms with van der Waals surface area (Å²) in [5.41, 5.74) is 1.40. The zero-order valence-electron chi connectivity index (χ0n) is 12.5. The van der Waals surface area contributed by atoms with Gasteiger partial charge in [0.2, 0.25) is 0 Å². The van der Waals surface area contributed by atoms with Crippen molar-refractivity contribution in [2.24, 2.45) is 5.41 Å². The Bertz CT molecular complexity index is 605. The first kappa shape index (κ1) is 13.4. The lowest BCUT2D eigenvalue weighted by atomic mass is 9.64. The summed E-state index contributed by atoms with van der Waals surface area (Å²) in [7, 11) is 0. The standard InChI is InChI=1S/C18H23NO/c1-4-20-17-12-16(18(17,2)3)19-15-10-9-13-7-5-6-8-14(13)11-15/h5-11,16-17,19H,4,12H2,1-3H3. The molecule has 20 heavy (non-hydrogen) atoms. The van der Waals surface area contributed by atoms with E-state index in [1.54, 1.807) is 0 Å². The first-order valence-electron chi connectivity index (χ1n) is 7.48. The van der Waals surface area contributed by atoms with E-state index in [4.69, 9.17) is 4.74 Å². The van der Waals surface area contributed by atoms with Crippen LogP contribution in [0.3, 0.4) is 0 Å². The van der Waals surface area contributed by atoms with Crippen LogP contribution < -0.4 is 5.32 Å². The van der Waals surface area contributed by atoms with Gasteiger partial charge in [-0.3, -0.25) is 0 Å². The van der Waals surface area contributed by atoms with Crippen LogP contribution in [0.5, 0.6) is 0 Å². The largest absolute Gasteiger partial charge is 0.382 e. The van der Waals surface area contributed by atoms with Crippen LogP contribution in [-0.4, -0.2) is 18.8 Å². The third-order valence-corrected chi connectivity index (χ3v) is 4.64. The van der Waals surface area contributed by atoms with E-state index in [9.17, 15) is 0 Å². The van der Waals surface area contributed by atoms with Crippen LogP contribution in [0.4, 0.5) is 5.69 Å². The minimum Gasteiger partial charge on any atom is -0.382 e. The Balaban J connectivity index is 1.74. The number of fused-ring (bicyclic) bond motifs is 1. The Morgan fingerprint density at radius 2 is 1.90 bits per heavy atom. The highest BCUT2D eigenvalue weighted by molar-refractivity contribution is 5.85. The molecule has 2 atom stereocenters. The van der Waals surface area contributed by atoms with Gasteiger partial charge in [0.05, 0.1) is 6.10 Å². The van der Waals surface area contributed by atoms with Crippen molar-refractivity contribution >= 4 is 16.5 Å². The molecule has 0 heterocycles. The predicted molar refractivity (Wildman–Crippen MR) is 85.2 cm³/mol. The average Bonchev–Trinajstić information content (AvgIpc) is 2.46. The Labute approximate surface area is 121 Å². The highest BCUT2D eigenvalue weighted by atomic mass is 16.5. The molecule has 2 unspecified atom stereocenters. The summed E-state index contributed by atoms with van der Waals surface area (Å²) in [6.45, 7) is 7.45. The van der Waals surface area contributed by atoms with Crippen molar-refractivity contribution in [3.05, 3.63) is 42.5 Å². The van der Waals surface area contributed by atoms with Crippen molar-refractivity contribution in [2.75, 3.05) is 11.9 Å². The second kappa shape index (κ2) is 5.10. The molecule has 0 saturated heterocycles. The molecule has 2 aromatic carbocycles. The van der Waals surface area contributed by atoms with Gasteiger partial charge in [-0.2, -0.15) is 0 Å². The van der Waals surface area contributed by atoms with E-state index in [-0.39, 0.29) is 5.41 Å². The highest BCUT2D eigenvalue weighted by Crippen LogP contribution is 2.44. The number of anilines is 1. The fraction of sp³-hybridized carbons (Fsp3) is 0.444. The molecule has 1 aliphatic carbocycles. The molecule has 2 nitrogen and oxygen atoms in total. The van der Waals surface area contributed by atoms with Gasteiger partial charge in [0, 0.05) is 23.8 Å². The van der Waals surface area contributed by atoms with E-state index in [0.717, 1.165) is 13.0 Å². The molecule has 1 aliphatic rings. The molecule has 1 saturated carbocycles. The summed E-state index contributed by atoms with van der Waals surface area (Å²) < 4.78 is 5.79. The fourth-order valence-corrected chi connectivity index (χ4v) is 3.09. The summed E-state index contributed by atoms with van der Waals surface area (Å²) in [6, 6.07) is 15.6. The monoisotopic (exact) mass is 269 g/mol. The average molecular weight is 269 g/mol. The molecule has 2 heteroatoms. The lowest BCUT2D eigenvalue weighted by Gasteiger charge is -2.52. The second-order valence-corrected chi connectivity index (χ2v) is 6.26. The molecule has 3 rings (SSSR count). The van der Waals surface area contributed by atoms with Gasteiger partial charge in [-0.1, -0.05) is 44.2 Å². The van der Waals surface area contributed by atoms with Crippen LogP contribution in [0.2, 0.25) is 0 Å². The molecular weight excluding hydrogens is 246 g/mol. The normalized spacial score (nSPS) is 24.4. The van der Waals surface area contributed by atoms with E-state index in [1.807, 2.05) is 0 Å². The first-order chi connectivity index (χ1) is 9.61. The Morgan fingerprint density at radius 1 is 1.15 bits per heavy atom. The smallest absolute Gasteiger partial charge is 0.0665 e. The van der Waals surface area contributed by atoms with Gasteiger partial charge in [0.1, 0.15) is 0 Å². The zero-order valence-corrected chi connectivity index (χ0v) is 12.5. The van der Waals surface area contributed by atoms with Crippen molar-refractivity contribution in [1.82, 2.24) is 0 Å². The quantitative estimate of drug-likeness (QED) is 0.885. The van der Waals surface area contributed by atoms with Gasteiger partial charge in [-0.15, -0.1) is 0 Å². The summed E-state index contributed by atoms with van der Waals surface area (Å²) in [5.74, 6) is 0. The molecule has 0 aromatic heterocycles. The van der Waals surface area contributed by atoms with Crippen molar-refractivity contribution in [1.29, 1.82) is 0 Å². The summed E-state index contributed by atoms with van der Waals surface area (Å²) in [5, 5.41) is 6.25. The maximum Gasteiger partial charge on any atom is 0.0665 e. The SMILES string of the molecule is CCOC1CC(Nc2ccc3ccccc3c2)C1(C)C. The van der Waals surface area contributed by atoms with E-state index < -0.39 is 0 Å². The molecular formula is C18H23NO. The molecule has 0 spiro atoms. The van der Waals surface area contributed by atoms with Crippen molar-refractivity contribution in [3.63, 3.8) is 0 Å². The first-order valence-corrected chi connectivity index (χ1v) is 7.48. The van der Waals surface area contributed by atoms with Gasteiger partial charge in [0.15, 0.2) is 0 Å². The molecule has 1 N–H and O–H groups in total. The lowest BCUT2D eigenvalue weighted by Crippen LogP contribution is -2.58.